The Kier molecular flexibility index (Phi) is 3.96. The fraction of sp³-hybridized carbons (Fsp3) is 0.294. The van der Waals surface area contributed by atoms with Crippen LogP contribution in [0.25, 0.3) is 0 Å². The van der Waals surface area contributed by atoms with Crippen molar-refractivity contribution in [1.82, 2.24) is 0 Å². The zero-order chi connectivity index (χ0) is 16.8. The number of aromatic hydroxyl groups is 2. The van der Waals surface area contributed by atoms with Crippen LogP contribution in [0.3, 0.4) is 0 Å². The van der Waals surface area contributed by atoms with E-state index in [-0.39, 0.29) is 26.9 Å². The highest BCUT2D eigenvalue weighted by molar-refractivity contribution is 7.91. The van der Waals surface area contributed by atoms with Gasteiger partial charge in [-0.2, -0.15) is 0 Å². The van der Waals surface area contributed by atoms with Crippen molar-refractivity contribution in [2.24, 2.45) is 0 Å². The lowest BCUT2D eigenvalue weighted by Crippen LogP contribution is -2.08. The average molecular weight is 320 g/mol. The third kappa shape index (κ3) is 2.35. The fourth-order valence-corrected chi connectivity index (χ4v) is 4.45. The van der Waals surface area contributed by atoms with E-state index in [1.54, 1.807) is 26.8 Å². The molecule has 0 aromatic heterocycles. The lowest BCUT2D eigenvalue weighted by Gasteiger charge is -2.16. The number of benzene rings is 2. The molecule has 0 bridgehead atoms. The van der Waals surface area contributed by atoms with Crippen LogP contribution in [-0.2, 0) is 9.84 Å². The van der Waals surface area contributed by atoms with E-state index in [2.05, 4.69) is 0 Å². The SMILES string of the molecule is Cc1cc(O)c(S(=O)(=O)c2ccc(C)c(O)c2C)c(C)c1C. The van der Waals surface area contributed by atoms with Crippen LogP contribution in [0.2, 0.25) is 0 Å². The molecule has 0 atom stereocenters. The number of rotatable bonds is 2. The van der Waals surface area contributed by atoms with Crippen LogP contribution in [0.4, 0.5) is 0 Å². The summed E-state index contributed by atoms with van der Waals surface area (Å²) in [4.78, 5) is -0.0841. The Hall–Kier alpha value is -2.01. The molecule has 0 aliphatic carbocycles. The van der Waals surface area contributed by atoms with Crippen molar-refractivity contribution < 1.29 is 18.6 Å². The third-order valence-electron chi connectivity index (χ3n) is 4.22. The van der Waals surface area contributed by atoms with Crippen LogP contribution < -0.4 is 0 Å². The van der Waals surface area contributed by atoms with Gasteiger partial charge < -0.3 is 10.2 Å². The van der Waals surface area contributed by atoms with Gasteiger partial charge in [0.25, 0.3) is 0 Å². The van der Waals surface area contributed by atoms with Crippen molar-refractivity contribution in [2.75, 3.05) is 0 Å². The smallest absolute Gasteiger partial charge is 0.210 e. The van der Waals surface area contributed by atoms with E-state index in [1.807, 2.05) is 13.8 Å². The van der Waals surface area contributed by atoms with Gasteiger partial charge in [0.2, 0.25) is 9.84 Å². The average Bonchev–Trinajstić information content (AvgIpc) is 2.41. The second-order valence-corrected chi connectivity index (χ2v) is 7.50. The maximum Gasteiger partial charge on any atom is 0.210 e. The summed E-state index contributed by atoms with van der Waals surface area (Å²) in [6.45, 7) is 8.59. The summed E-state index contributed by atoms with van der Waals surface area (Å²) < 4.78 is 25.9. The van der Waals surface area contributed by atoms with Crippen LogP contribution in [0, 0.1) is 34.6 Å². The van der Waals surface area contributed by atoms with Crippen molar-refractivity contribution in [3.05, 3.63) is 46.0 Å². The summed E-state index contributed by atoms with van der Waals surface area (Å²) in [5, 5.41) is 20.2. The number of phenols is 2. The molecule has 0 amide bonds. The molecule has 0 unspecified atom stereocenters. The Morgan fingerprint density at radius 1 is 0.818 bits per heavy atom. The van der Waals surface area contributed by atoms with E-state index in [0.29, 0.717) is 11.1 Å². The lowest BCUT2D eigenvalue weighted by molar-refractivity contribution is 0.455. The van der Waals surface area contributed by atoms with Crippen molar-refractivity contribution in [3.8, 4) is 11.5 Å². The molecule has 0 aliphatic rings. The normalized spacial score (nSPS) is 11.7. The van der Waals surface area contributed by atoms with Gasteiger partial charge in [-0.15, -0.1) is 0 Å². The molecular weight excluding hydrogens is 300 g/mol. The minimum absolute atomic E-state index is 0.0113. The van der Waals surface area contributed by atoms with Crippen LogP contribution in [0.15, 0.2) is 28.0 Å². The maximum atomic E-state index is 13.0. The molecular formula is C17H20O4S. The molecule has 0 radical (unpaired) electrons. The van der Waals surface area contributed by atoms with Gasteiger partial charge in [0, 0.05) is 5.56 Å². The number of hydrogen-bond donors (Lipinski definition) is 2. The first-order valence-corrected chi connectivity index (χ1v) is 8.41. The summed E-state index contributed by atoms with van der Waals surface area (Å²) >= 11 is 0. The summed E-state index contributed by atoms with van der Waals surface area (Å²) in [5.74, 6) is -0.304. The Labute approximate surface area is 131 Å². The maximum absolute atomic E-state index is 13.0. The molecule has 5 heteroatoms. The summed E-state index contributed by atoms with van der Waals surface area (Å²) in [6.07, 6.45) is 0. The van der Waals surface area contributed by atoms with Crippen molar-refractivity contribution in [1.29, 1.82) is 0 Å². The minimum Gasteiger partial charge on any atom is -0.507 e. The fourth-order valence-electron chi connectivity index (χ4n) is 2.59. The molecule has 0 fully saturated rings. The molecule has 0 heterocycles. The summed E-state index contributed by atoms with van der Waals surface area (Å²) in [6, 6.07) is 4.48. The van der Waals surface area contributed by atoms with Crippen molar-refractivity contribution in [2.45, 2.75) is 44.4 Å². The van der Waals surface area contributed by atoms with Gasteiger partial charge in [0.05, 0.1) is 4.90 Å². The molecule has 2 N–H and O–H groups in total. The first kappa shape index (κ1) is 16.4. The summed E-state index contributed by atoms with van der Waals surface area (Å²) in [7, 11) is -3.92. The van der Waals surface area contributed by atoms with E-state index >= 15 is 0 Å². The Bertz CT molecular complexity index is 865. The number of hydrogen-bond acceptors (Lipinski definition) is 4. The Balaban J connectivity index is 2.83. The minimum atomic E-state index is -3.92. The largest absolute Gasteiger partial charge is 0.507 e. The van der Waals surface area contributed by atoms with Gasteiger partial charge >= 0.3 is 0 Å². The quantitative estimate of drug-likeness (QED) is 0.888. The van der Waals surface area contributed by atoms with Gasteiger partial charge in [0.15, 0.2) is 0 Å². The van der Waals surface area contributed by atoms with Crippen LogP contribution in [-0.4, -0.2) is 18.6 Å². The van der Waals surface area contributed by atoms with Gasteiger partial charge in [-0.3, -0.25) is 0 Å². The lowest BCUT2D eigenvalue weighted by atomic mass is 10.0. The predicted octanol–water partition coefficient (Wildman–Crippen LogP) is 3.47. The monoisotopic (exact) mass is 320 g/mol. The van der Waals surface area contributed by atoms with Crippen molar-refractivity contribution in [3.63, 3.8) is 0 Å². The first-order valence-electron chi connectivity index (χ1n) is 6.93. The number of phenolic OH excluding ortho intramolecular Hbond substituents is 2. The molecule has 2 aromatic carbocycles. The first-order chi connectivity index (χ1) is 10.1. The number of sulfone groups is 1. The zero-order valence-electron chi connectivity index (χ0n) is 13.4. The van der Waals surface area contributed by atoms with E-state index in [4.69, 9.17) is 0 Å². The molecule has 0 spiro atoms. The molecule has 0 aliphatic heterocycles. The van der Waals surface area contributed by atoms with Gasteiger partial charge in [0.1, 0.15) is 16.4 Å². The predicted molar refractivity (Wildman–Crippen MR) is 85.4 cm³/mol. The standard InChI is InChI=1S/C17H20O4S/c1-9-6-7-15(13(5)16(9)19)22(20,21)17-12(4)11(3)10(2)8-14(17)18/h6-8,18-19H,1-5H3. The Morgan fingerprint density at radius 2 is 1.41 bits per heavy atom. The molecule has 118 valence electrons. The molecule has 22 heavy (non-hydrogen) atoms. The van der Waals surface area contributed by atoms with Gasteiger partial charge in [-0.05, 0) is 69.0 Å². The third-order valence-corrected chi connectivity index (χ3v) is 6.30. The molecule has 2 rings (SSSR count). The highest BCUT2D eigenvalue weighted by atomic mass is 32.2. The van der Waals surface area contributed by atoms with Gasteiger partial charge in [-0.1, -0.05) is 6.07 Å². The highest BCUT2D eigenvalue weighted by Gasteiger charge is 2.28. The van der Waals surface area contributed by atoms with E-state index in [9.17, 15) is 18.6 Å². The van der Waals surface area contributed by atoms with E-state index in [0.717, 1.165) is 11.1 Å². The van der Waals surface area contributed by atoms with Crippen molar-refractivity contribution >= 4 is 9.84 Å². The van der Waals surface area contributed by atoms with E-state index in [1.165, 1.54) is 12.1 Å². The van der Waals surface area contributed by atoms with Gasteiger partial charge in [-0.25, -0.2) is 8.42 Å². The summed E-state index contributed by atoms with van der Waals surface area (Å²) in [5.41, 5.74) is 3.08. The highest BCUT2D eigenvalue weighted by Crippen LogP contribution is 2.38. The molecule has 2 aromatic rings. The second kappa shape index (κ2) is 5.32. The van der Waals surface area contributed by atoms with Crippen LogP contribution in [0.1, 0.15) is 27.8 Å². The number of aryl methyl sites for hydroxylation is 2. The molecule has 0 saturated carbocycles. The van der Waals surface area contributed by atoms with Crippen LogP contribution in [0.5, 0.6) is 11.5 Å². The topological polar surface area (TPSA) is 74.6 Å². The second-order valence-electron chi connectivity index (χ2n) is 5.65. The molecule has 4 nitrogen and oxygen atoms in total. The van der Waals surface area contributed by atoms with E-state index < -0.39 is 9.84 Å². The molecule has 0 saturated heterocycles. The Morgan fingerprint density at radius 3 is 2.00 bits per heavy atom. The zero-order valence-corrected chi connectivity index (χ0v) is 14.2. The van der Waals surface area contributed by atoms with Crippen LogP contribution >= 0.6 is 0 Å².